The Balaban J connectivity index is 0.000000188. The van der Waals surface area contributed by atoms with Gasteiger partial charge in [0.05, 0.1) is 36.6 Å². The molecule has 4 N–H and O–H groups in total. The molecule has 0 bridgehead atoms. The predicted molar refractivity (Wildman–Crippen MR) is 190 cm³/mol. The molecular weight excluding hydrogens is 623 g/mol. The Hall–Kier alpha value is -5.47. The van der Waals surface area contributed by atoms with Crippen LogP contribution in [0.3, 0.4) is 0 Å². The smallest absolute Gasteiger partial charge is 0.234 e. The minimum absolute atomic E-state index is 0.0261. The van der Waals surface area contributed by atoms with Gasteiger partial charge in [0.15, 0.2) is 11.9 Å². The monoisotopic (exact) mass is 661 g/mol. The first kappa shape index (κ1) is 33.9. The first-order chi connectivity index (χ1) is 22.8. The van der Waals surface area contributed by atoms with Gasteiger partial charge >= 0.3 is 0 Å². The number of nitrogens with zero attached hydrogens (tertiary/aromatic N) is 5. The lowest BCUT2D eigenvalue weighted by Gasteiger charge is -2.39. The van der Waals surface area contributed by atoms with Gasteiger partial charge in [0.2, 0.25) is 11.8 Å². The molecule has 0 fully saturated rings. The van der Waals surface area contributed by atoms with Gasteiger partial charge in [-0.15, -0.1) is 11.3 Å². The molecule has 0 radical (unpaired) electrons. The third-order valence-electron chi connectivity index (χ3n) is 9.11. The van der Waals surface area contributed by atoms with E-state index >= 15 is 0 Å². The number of thiophene rings is 1. The molecule has 0 saturated carbocycles. The standard InChI is InChI=1S/C20H23N3O2.C17H16N4OS/c1-13-18(24)23(3)19(21)22-20(13,2)16-9-5-7-14(11-16)15-8-6-10-17(12-15)25-4;1-17(8-15(22)21(2)16(19)20-17)14-7-13(10-23-14)12-5-3-4-11(6-12)9-18/h5-13H,1-4H3,(H2,21,22);3-7,10H,8H2,1-2H3,(H2,19,20)/t13-,20-;17-/m00/s1. The Morgan fingerprint density at radius 1 is 0.875 bits per heavy atom. The number of nitrogens with two attached hydrogens (primary N) is 2. The van der Waals surface area contributed by atoms with Crippen molar-refractivity contribution in [2.75, 3.05) is 21.2 Å². The molecule has 2 aliphatic heterocycles. The Morgan fingerprint density at radius 2 is 1.50 bits per heavy atom. The number of aliphatic imine (C=N–C) groups is 2. The van der Waals surface area contributed by atoms with Gasteiger partial charge in [-0.2, -0.15) is 5.26 Å². The number of ether oxygens (including phenoxy) is 1. The van der Waals surface area contributed by atoms with Crippen LogP contribution in [0.2, 0.25) is 0 Å². The lowest BCUT2D eigenvalue weighted by Crippen LogP contribution is -2.52. The van der Waals surface area contributed by atoms with Crippen molar-refractivity contribution < 1.29 is 14.3 Å². The summed E-state index contributed by atoms with van der Waals surface area (Å²) in [4.78, 5) is 37.5. The molecule has 2 aliphatic rings. The van der Waals surface area contributed by atoms with Gasteiger partial charge in [-0.3, -0.25) is 19.4 Å². The number of carbonyl (C=O) groups is 2. The molecule has 0 saturated heterocycles. The maximum atomic E-state index is 12.5. The topological polar surface area (TPSA) is 150 Å². The van der Waals surface area contributed by atoms with E-state index in [2.05, 4.69) is 22.1 Å². The van der Waals surface area contributed by atoms with Crippen molar-refractivity contribution in [2.24, 2.45) is 27.4 Å². The molecule has 4 aromatic rings. The Morgan fingerprint density at radius 3 is 2.17 bits per heavy atom. The van der Waals surface area contributed by atoms with Crippen molar-refractivity contribution in [3.8, 4) is 34.1 Å². The zero-order valence-corrected chi connectivity index (χ0v) is 28.7. The van der Waals surface area contributed by atoms with E-state index in [1.807, 2.05) is 92.9 Å². The summed E-state index contributed by atoms with van der Waals surface area (Å²) >= 11 is 1.55. The minimum Gasteiger partial charge on any atom is -0.497 e. The summed E-state index contributed by atoms with van der Waals surface area (Å²) in [5.41, 5.74) is 16.2. The summed E-state index contributed by atoms with van der Waals surface area (Å²) in [7, 11) is 4.94. The van der Waals surface area contributed by atoms with Gasteiger partial charge in [-0.1, -0.05) is 49.4 Å². The summed E-state index contributed by atoms with van der Waals surface area (Å²) in [6, 6.07) is 27.6. The lowest BCUT2D eigenvalue weighted by atomic mass is 9.78. The average molecular weight is 662 g/mol. The van der Waals surface area contributed by atoms with Gasteiger partial charge in [-0.25, -0.2) is 9.98 Å². The lowest BCUT2D eigenvalue weighted by molar-refractivity contribution is -0.133. The molecule has 11 heteroatoms. The number of benzene rings is 3. The highest BCUT2D eigenvalue weighted by atomic mass is 32.1. The van der Waals surface area contributed by atoms with Crippen molar-refractivity contribution in [1.82, 2.24) is 9.80 Å². The normalized spacial score (nSPS) is 22.2. The molecule has 0 aliphatic carbocycles. The van der Waals surface area contributed by atoms with Gasteiger partial charge in [-0.05, 0) is 83.4 Å². The van der Waals surface area contributed by atoms with Gasteiger partial charge in [0, 0.05) is 19.0 Å². The molecule has 10 nitrogen and oxygen atoms in total. The van der Waals surface area contributed by atoms with E-state index in [1.165, 1.54) is 9.80 Å². The van der Waals surface area contributed by atoms with Crippen LogP contribution in [0, 0.1) is 17.2 Å². The molecule has 1 aromatic heterocycles. The van der Waals surface area contributed by atoms with E-state index in [1.54, 1.807) is 38.6 Å². The highest BCUT2D eigenvalue weighted by molar-refractivity contribution is 7.10. The Bertz CT molecular complexity index is 1980. The second-order valence-electron chi connectivity index (χ2n) is 12.3. The number of hydrogen-bond donors (Lipinski definition) is 2. The Kier molecular flexibility index (Phi) is 9.41. The van der Waals surface area contributed by atoms with E-state index in [9.17, 15) is 9.59 Å². The third-order valence-corrected chi connectivity index (χ3v) is 10.3. The molecule has 0 spiro atoms. The summed E-state index contributed by atoms with van der Waals surface area (Å²) in [5.74, 6) is 0.926. The number of nitriles is 1. The van der Waals surface area contributed by atoms with Gasteiger partial charge in [0.1, 0.15) is 11.3 Å². The molecule has 6 rings (SSSR count). The van der Waals surface area contributed by atoms with E-state index in [4.69, 9.17) is 21.5 Å². The maximum absolute atomic E-state index is 12.5. The van der Waals surface area contributed by atoms with Crippen LogP contribution in [-0.4, -0.2) is 54.7 Å². The number of carbonyl (C=O) groups excluding carboxylic acids is 2. The first-order valence-corrected chi connectivity index (χ1v) is 16.3. The highest BCUT2D eigenvalue weighted by Gasteiger charge is 2.43. The fourth-order valence-corrected chi connectivity index (χ4v) is 6.80. The molecule has 48 heavy (non-hydrogen) atoms. The minimum atomic E-state index is -0.692. The van der Waals surface area contributed by atoms with Gasteiger partial charge < -0.3 is 16.2 Å². The summed E-state index contributed by atoms with van der Waals surface area (Å²) in [6.07, 6.45) is 0.294. The van der Waals surface area contributed by atoms with Crippen LogP contribution < -0.4 is 16.2 Å². The summed E-state index contributed by atoms with van der Waals surface area (Å²) in [5, 5.41) is 11.0. The van der Waals surface area contributed by atoms with Crippen LogP contribution in [0.1, 0.15) is 43.2 Å². The van der Waals surface area contributed by atoms with Crippen molar-refractivity contribution >= 4 is 35.1 Å². The van der Waals surface area contributed by atoms with Crippen LogP contribution in [0.15, 0.2) is 94.2 Å². The molecule has 3 aromatic carbocycles. The fraction of sp³-hybridized carbons (Fsp3) is 0.270. The van der Waals surface area contributed by atoms with Crippen molar-refractivity contribution in [3.05, 3.63) is 100 Å². The number of amides is 2. The van der Waals surface area contributed by atoms with Crippen LogP contribution >= 0.6 is 11.3 Å². The van der Waals surface area contributed by atoms with Crippen LogP contribution in [0.5, 0.6) is 5.75 Å². The maximum Gasteiger partial charge on any atom is 0.234 e. The second kappa shape index (κ2) is 13.3. The molecule has 3 atom stereocenters. The zero-order valence-electron chi connectivity index (χ0n) is 27.9. The van der Waals surface area contributed by atoms with Crippen LogP contribution in [0.25, 0.3) is 22.3 Å². The zero-order chi connectivity index (χ0) is 34.8. The number of hydrogen-bond acceptors (Lipinski definition) is 9. The van der Waals surface area contributed by atoms with E-state index in [0.717, 1.165) is 38.4 Å². The number of rotatable bonds is 5. The molecule has 246 valence electrons. The van der Waals surface area contributed by atoms with Crippen LogP contribution in [-0.2, 0) is 20.7 Å². The van der Waals surface area contributed by atoms with E-state index < -0.39 is 11.1 Å². The summed E-state index contributed by atoms with van der Waals surface area (Å²) in [6.45, 7) is 5.78. The molecule has 0 unspecified atom stereocenters. The van der Waals surface area contributed by atoms with Gasteiger partial charge in [0.25, 0.3) is 0 Å². The largest absolute Gasteiger partial charge is 0.497 e. The number of methoxy groups -OCH3 is 1. The quantitative estimate of drug-likeness (QED) is 0.281. The first-order valence-electron chi connectivity index (χ1n) is 15.4. The van der Waals surface area contributed by atoms with Crippen molar-refractivity contribution in [2.45, 2.75) is 38.3 Å². The second-order valence-corrected chi connectivity index (χ2v) is 13.2. The molecule has 3 heterocycles. The van der Waals surface area contributed by atoms with Crippen molar-refractivity contribution in [1.29, 1.82) is 5.26 Å². The van der Waals surface area contributed by atoms with E-state index in [0.29, 0.717) is 12.0 Å². The predicted octanol–water partition coefficient (Wildman–Crippen LogP) is 5.68. The van der Waals surface area contributed by atoms with Crippen molar-refractivity contribution in [3.63, 3.8) is 0 Å². The Labute approximate surface area is 285 Å². The molecular formula is C37H39N7O3S. The fourth-order valence-electron chi connectivity index (χ4n) is 5.77. The molecule has 2 amide bonds. The van der Waals surface area contributed by atoms with Crippen LogP contribution in [0.4, 0.5) is 0 Å². The average Bonchev–Trinajstić information content (AvgIpc) is 3.61. The number of guanidine groups is 2. The SMILES string of the molecule is CN1C(=O)C[C@@](C)(c2cc(-c3cccc(C#N)c3)cs2)N=C1N.COc1cccc(-c2cccc([C@@]3(C)N=C(N)N(C)C(=O)[C@@H]3C)c2)c1. The van der Waals surface area contributed by atoms with E-state index in [-0.39, 0.29) is 29.7 Å². The third kappa shape index (κ3) is 6.52. The summed E-state index contributed by atoms with van der Waals surface area (Å²) < 4.78 is 5.31. The highest BCUT2D eigenvalue weighted by Crippen LogP contribution is 2.40.